The van der Waals surface area contributed by atoms with Crippen molar-refractivity contribution in [1.29, 1.82) is 0 Å². The van der Waals surface area contributed by atoms with Crippen LogP contribution in [0.15, 0.2) is 67.5 Å². The zero-order chi connectivity index (χ0) is 32.8. The van der Waals surface area contributed by atoms with Crippen LogP contribution in [0, 0.1) is 11.8 Å². The van der Waals surface area contributed by atoms with Gasteiger partial charge in [0.1, 0.15) is 19.0 Å². The number of nitrogens with one attached hydrogen (secondary N) is 1. The fraction of sp³-hybridized carbons (Fsp3) is 0.355. The van der Waals surface area contributed by atoms with E-state index in [1.807, 2.05) is 0 Å². The fourth-order valence-corrected chi connectivity index (χ4v) is 6.96. The second kappa shape index (κ2) is 14.4. The van der Waals surface area contributed by atoms with Crippen molar-refractivity contribution in [1.82, 2.24) is 29.4 Å². The van der Waals surface area contributed by atoms with Crippen LogP contribution < -0.4 is 5.32 Å². The van der Waals surface area contributed by atoms with E-state index >= 15 is 0 Å². The molecule has 0 saturated carbocycles. The van der Waals surface area contributed by atoms with Crippen LogP contribution in [0.1, 0.15) is 35.2 Å². The third-order valence-electron chi connectivity index (χ3n) is 8.26. The summed E-state index contributed by atoms with van der Waals surface area (Å²) in [6.45, 7) is 4.76. The Morgan fingerprint density at radius 1 is 1.11 bits per heavy atom. The monoisotopic (exact) mass is 667 g/mol. The van der Waals surface area contributed by atoms with Crippen LogP contribution in [-0.4, -0.2) is 94.2 Å². The van der Waals surface area contributed by atoms with E-state index in [2.05, 4.69) is 27.4 Å². The minimum atomic E-state index is -3.29. The number of hydrogen-bond acceptors (Lipinski definition) is 9. The van der Waals surface area contributed by atoms with Crippen LogP contribution in [0.5, 0.6) is 0 Å². The quantitative estimate of drug-likeness (QED) is 0.195. The number of sulfonamides is 1. The van der Waals surface area contributed by atoms with E-state index in [0.717, 1.165) is 0 Å². The van der Waals surface area contributed by atoms with Gasteiger partial charge in [-0.15, -0.1) is 5.10 Å². The summed E-state index contributed by atoms with van der Waals surface area (Å²) >= 11 is 6.24. The summed E-state index contributed by atoms with van der Waals surface area (Å²) in [5.41, 5.74) is 2.00. The average Bonchev–Trinajstić information content (AvgIpc) is 3.74. The van der Waals surface area contributed by atoms with Crippen molar-refractivity contribution in [2.45, 2.75) is 25.3 Å². The molecule has 0 bridgehead atoms. The highest BCUT2D eigenvalue weighted by molar-refractivity contribution is 7.88. The molecule has 2 amide bonds. The number of halogens is 1. The lowest BCUT2D eigenvalue weighted by Gasteiger charge is -2.33. The Bertz CT molecular complexity index is 1720. The van der Waals surface area contributed by atoms with Gasteiger partial charge in [-0.05, 0) is 90.1 Å². The van der Waals surface area contributed by atoms with Crippen molar-refractivity contribution in [2.75, 3.05) is 37.8 Å². The van der Waals surface area contributed by atoms with Gasteiger partial charge in [-0.2, -0.15) is 4.68 Å². The highest BCUT2D eigenvalue weighted by atomic mass is 35.5. The van der Waals surface area contributed by atoms with Crippen molar-refractivity contribution in [3.8, 4) is 5.69 Å². The number of piperidine rings is 1. The molecule has 13 nitrogen and oxygen atoms in total. The topological polar surface area (TPSA) is 157 Å². The lowest BCUT2D eigenvalue weighted by Crippen LogP contribution is -2.42. The summed E-state index contributed by atoms with van der Waals surface area (Å²) in [4.78, 5) is 41.1. The molecule has 15 heteroatoms. The van der Waals surface area contributed by atoms with Gasteiger partial charge in [0.25, 0.3) is 0 Å². The molecule has 2 aliphatic rings. The van der Waals surface area contributed by atoms with Gasteiger partial charge in [0.15, 0.2) is 0 Å². The zero-order valence-electron chi connectivity index (χ0n) is 25.2. The number of aromatic nitrogens is 4. The number of esters is 1. The molecule has 1 aromatic heterocycles. The Morgan fingerprint density at radius 2 is 1.85 bits per heavy atom. The molecule has 1 N–H and O–H groups in total. The molecule has 0 radical (unpaired) electrons. The van der Waals surface area contributed by atoms with Gasteiger partial charge in [-0.1, -0.05) is 24.3 Å². The predicted octanol–water partition coefficient (Wildman–Crippen LogP) is 3.20. The second-order valence-electron chi connectivity index (χ2n) is 11.2. The summed E-state index contributed by atoms with van der Waals surface area (Å²) in [6.07, 6.45) is 8.84. The van der Waals surface area contributed by atoms with Crippen LogP contribution in [0.4, 0.5) is 5.69 Å². The zero-order valence-corrected chi connectivity index (χ0v) is 26.7. The number of benzene rings is 2. The lowest BCUT2D eigenvalue weighted by molar-refractivity contribution is -0.132. The number of rotatable bonds is 10. The summed E-state index contributed by atoms with van der Waals surface area (Å²) in [5.74, 6) is -1.09. The van der Waals surface area contributed by atoms with Gasteiger partial charge < -0.3 is 15.0 Å². The van der Waals surface area contributed by atoms with Crippen molar-refractivity contribution in [3.05, 3.63) is 83.7 Å². The Kier molecular flexibility index (Phi) is 10.3. The average molecular weight is 668 g/mol. The third-order valence-corrected chi connectivity index (χ3v) is 9.80. The number of amides is 2. The van der Waals surface area contributed by atoms with Crippen molar-refractivity contribution in [3.63, 3.8) is 0 Å². The number of nitrogens with zero attached hydrogens (tertiary/aromatic N) is 6. The minimum absolute atomic E-state index is 0.000213. The maximum absolute atomic E-state index is 13.7. The first-order valence-corrected chi connectivity index (χ1v) is 16.9. The number of carbonyl (C=O) groups is 3. The van der Waals surface area contributed by atoms with Gasteiger partial charge in [0, 0.05) is 42.0 Å². The summed E-state index contributed by atoms with van der Waals surface area (Å²) < 4.78 is 32.1. The molecule has 2 atom stereocenters. The van der Waals surface area contributed by atoms with Crippen LogP contribution in [0.2, 0.25) is 5.02 Å². The van der Waals surface area contributed by atoms with Crippen molar-refractivity contribution in [2.24, 2.45) is 11.8 Å². The van der Waals surface area contributed by atoms with Gasteiger partial charge >= 0.3 is 5.97 Å². The number of anilines is 1. The van der Waals surface area contributed by atoms with E-state index in [0.29, 0.717) is 66.4 Å². The first-order valence-electron chi connectivity index (χ1n) is 14.7. The summed E-state index contributed by atoms with van der Waals surface area (Å²) in [6, 6.07) is 10.6. The van der Waals surface area contributed by atoms with Gasteiger partial charge in [-0.25, -0.2) is 17.5 Å². The molecule has 3 heterocycles. The molecule has 5 rings (SSSR count). The molecule has 0 spiro atoms. The van der Waals surface area contributed by atoms with E-state index in [1.54, 1.807) is 53.4 Å². The third kappa shape index (κ3) is 7.87. The largest absolute Gasteiger partial charge is 0.458 e. The normalized spacial score (nSPS) is 19.3. The lowest BCUT2D eigenvalue weighted by atomic mass is 9.83. The van der Waals surface area contributed by atoms with E-state index in [4.69, 9.17) is 16.3 Å². The Morgan fingerprint density at radius 3 is 2.50 bits per heavy atom. The highest BCUT2D eigenvalue weighted by Crippen LogP contribution is 2.36. The predicted molar refractivity (Wildman–Crippen MR) is 171 cm³/mol. The molecule has 2 saturated heterocycles. The van der Waals surface area contributed by atoms with Gasteiger partial charge in [0.05, 0.1) is 17.5 Å². The molecular formula is C31H34ClN7O6S. The van der Waals surface area contributed by atoms with E-state index in [-0.39, 0.29) is 30.3 Å². The molecule has 242 valence electrons. The van der Waals surface area contributed by atoms with Crippen LogP contribution in [0.25, 0.3) is 11.8 Å². The molecule has 3 aromatic rings. The van der Waals surface area contributed by atoms with Crippen LogP contribution in [0.3, 0.4) is 0 Å². The number of ether oxygens (including phenoxy) is 1. The fourth-order valence-electron chi connectivity index (χ4n) is 5.91. The Balaban J connectivity index is 1.34. The standard InChI is InChI=1S/C31H34ClN7O6S/c1-3-16-45-31(42)22-4-8-26(9-5-22)34-30(41)28-18-24(21-12-14-37(15-13-21)46(2,43)44)19-38(28)29(40)11-6-23-17-25(32)7-10-27(23)39-20-33-35-36-39/h3-11,17,20-21,24,28H,1,12-16,18-19H2,2H3,(H,34,41)/t24-,28-/m0/s1. The first kappa shape index (κ1) is 33.0. The molecule has 2 aliphatic heterocycles. The van der Waals surface area contributed by atoms with Crippen molar-refractivity contribution >= 4 is 51.2 Å². The molecule has 2 aromatic carbocycles. The van der Waals surface area contributed by atoms with E-state index in [9.17, 15) is 22.8 Å². The number of tetrazole rings is 1. The summed E-state index contributed by atoms with van der Waals surface area (Å²) in [5, 5.41) is 14.6. The Hall–Kier alpha value is -4.40. The maximum Gasteiger partial charge on any atom is 0.338 e. The second-order valence-corrected chi connectivity index (χ2v) is 13.7. The molecule has 46 heavy (non-hydrogen) atoms. The van der Waals surface area contributed by atoms with Gasteiger partial charge in [0.2, 0.25) is 21.8 Å². The van der Waals surface area contributed by atoms with E-state index in [1.165, 1.54) is 33.7 Å². The van der Waals surface area contributed by atoms with Crippen LogP contribution >= 0.6 is 11.6 Å². The number of hydrogen-bond donors (Lipinski definition) is 1. The molecule has 0 unspecified atom stereocenters. The molecule has 2 fully saturated rings. The maximum atomic E-state index is 13.7. The molecular weight excluding hydrogens is 634 g/mol. The smallest absolute Gasteiger partial charge is 0.338 e. The van der Waals surface area contributed by atoms with E-state index < -0.39 is 22.0 Å². The number of carbonyl (C=O) groups excluding carboxylic acids is 3. The highest BCUT2D eigenvalue weighted by Gasteiger charge is 2.43. The molecule has 0 aliphatic carbocycles. The Labute approximate surface area is 271 Å². The minimum Gasteiger partial charge on any atom is -0.458 e. The SMILES string of the molecule is C=CCOC(=O)c1ccc(NC(=O)[C@@H]2C[C@H](C3CCN(S(C)(=O)=O)CC3)CN2C(=O)C=Cc2cc(Cl)ccc2-n2cnnn2)cc1. The number of likely N-dealkylation sites (tertiary alicyclic amines) is 1. The van der Waals surface area contributed by atoms with Crippen LogP contribution in [-0.2, 0) is 24.3 Å². The summed E-state index contributed by atoms with van der Waals surface area (Å²) in [7, 11) is -3.29. The first-order chi connectivity index (χ1) is 22.0. The van der Waals surface area contributed by atoms with Gasteiger partial charge in [-0.3, -0.25) is 9.59 Å². The van der Waals surface area contributed by atoms with Crippen molar-refractivity contribution < 1.29 is 27.5 Å².